The van der Waals surface area contributed by atoms with Gasteiger partial charge in [0.2, 0.25) is 11.8 Å². The van der Waals surface area contributed by atoms with Crippen LogP contribution in [-0.2, 0) is 19.2 Å². The predicted octanol–water partition coefficient (Wildman–Crippen LogP) is 2.12. The van der Waals surface area contributed by atoms with Gasteiger partial charge in [0.25, 0.3) is 11.8 Å². The maximum Gasteiger partial charge on any atom is 0.325 e. The minimum Gasteiger partial charge on any atom is -0.310 e. The molecule has 16 heteroatoms. The Morgan fingerprint density at radius 2 is 0.696 bits per heavy atom. The number of urea groups is 4. The van der Waals surface area contributed by atoms with Gasteiger partial charge in [-0.15, -0.1) is 0 Å². The molecule has 0 spiro atoms. The molecule has 0 aromatic carbocycles. The molecular weight excluding hydrogens is 600 g/mol. The Bertz CT molecular complexity index is 1160. The number of carbonyl (C=O) groups excluding carboxylic acids is 8. The number of nitrogens with one attached hydrogen (secondary N) is 4. The van der Waals surface area contributed by atoms with Gasteiger partial charge in [0.15, 0.2) is 0 Å². The third kappa shape index (κ3) is 10.4. The van der Waals surface area contributed by atoms with Crippen molar-refractivity contribution in [3.8, 4) is 0 Å². The summed E-state index contributed by atoms with van der Waals surface area (Å²) in [6, 6.07) is -1.86. The summed E-state index contributed by atoms with van der Waals surface area (Å²) in [4.78, 5) is 94.3. The second-order valence-electron chi connectivity index (χ2n) is 15.2. The highest BCUT2D eigenvalue weighted by Crippen LogP contribution is 2.22. The molecule has 2 atom stereocenters. The van der Waals surface area contributed by atoms with Crippen molar-refractivity contribution in [3.05, 3.63) is 0 Å². The van der Waals surface area contributed by atoms with Crippen molar-refractivity contribution < 1.29 is 38.4 Å². The second kappa shape index (κ2) is 14.0. The minimum atomic E-state index is -0.350. The Kier molecular flexibility index (Phi) is 12.1. The standard InChI is InChI=1S/2C8H14N2O2.2C7H12N2O2/c2*1-5-6(11)9-7(12)10(5)8(2,3)4;2*1-7(2,3)9-4-5(10)8-6(9)11/h2*5H,1-4H3,(H,9,11,12);2*4H2,1-3H3,(H,8,10,11)/t2*5-;;/m10../s1. The van der Waals surface area contributed by atoms with Crippen LogP contribution in [0.25, 0.3) is 0 Å². The lowest BCUT2D eigenvalue weighted by atomic mass is 10.1. The number of hydrogen-bond acceptors (Lipinski definition) is 8. The van der Waals surface area contributed by atoms with Gasteiger partial charge in [0, 0.05) is 22.2 Å². The molecule has 0 unspecified atom stereocenters. The Hall–Kier alpha value is -4.24. The van der Waals surface area contributed by atoms with Gasteiger partial charge in [-0.2, -0.15) is 0 Å². The monoisotopic (exact) mass is 652 g/mol. The van der Waals surface area contributed by atoms with Crippen molar-refractivity contribution in [1.29, 1.82) is 0 Å². The molecule has 260 valence electrons. The first-order valence-corrected chi connectivity index (χ1v) is 15.0. The molecule has 4 fully saturated rings. The van der Waals surface area contributed by atoms with Crippen LogP contribution in [-0.4, -0.2) is 115 Å². The van der Waals surface area contributed by atoms with E-state index in [0.717, 1.165) is 0 Å². The van der Waals surface area contributed by atoms with Crippen LogP contribution in [0.2, 0.25) is 0 Å². The predicted molar refractivity (Wildman–Crippen MR) is 169 cm³/mol. The topological polar surface area (TPSA) is 198 Å². The highest BCUT2D eigenvalue weighted by Gasteiger charge is 2.42. The third-order valence-corrected chi connectivity index (χ3v) is 7.08. The summed E-state index contributed by atoms with van der Waals surface area (Å²) in [5.41, 5.74) is -1.13. The molecule has 4 saturated heterocycles. The molecule has 12 amide bonds. The maximum absolute atomic E-state index is 11.2. The van der Waals surface area contributed by atoms with Crippen molar-refractivity contribution in [2.24, 2.45) is 0 Å². The molecule has 0 radical (unpaired) electrons. The summed E-state index contributed by atoms with van der Waals surface area (Å²) >= 11 is 0. The van der Waals surface area contributed by atoms with E-state index in [-0.39, 0.29) is 95.1 Å². The van der Waals surface area contributed by atoms with Gasteiger partial charge in [-0.3, -0.25) is 40.4 Å². The SMILES string of the molecule is CC(C)(C)N1CC(=O)NC1=O.CC(C)(C)N1CC(=O)NC1=O.C[C@@H]1C(=O)NC(=O)N1C(C)(C)C.C[C@H]1C(=O)NC(=O)N1C(C)(C)C. The Morgan fingerprint density at radius 3 is 0.783 bits per heavy atom. The highest BCUT2D eigenvalue weighted by molar-refractivity contribution is 6.05. The number of rotatable bonds is 0. The molecule has 4 aliphatic rings. The van der Waals surface area contributed by atoms with E-state index in [2.05, 4.69) is 21.3 Å². The number of hydrogen-bond donors (Lipinski definition) is 4. The van der Waals surface area contributed by atoms with E-state index >= 15 is 0 Å². The number of amides is 12. The van der Waals surface area contributed by atoms with Crippen molar-refractivity contribution in [3.63, 3.8) is 0 Å². The van der Waals surface area contributed by atoms with Gasteiger partial charge in [0.05, 0.1) is 0 Å². The third-order valence-electron chi connectivity index (χ3n) is 7.08. The Morgan fingerprint density at radius 1 is 0.435 bits per heavy atom. The van der Waals surface area contributed by atoms with Crippen LogP contribution in [0.1, 0.15) is 96.9 Å². The van der Waals surface area contributed by atoms with Gasteiger partial charge in [-0.1, -0.05) is 0 Å². The van der Waals surface area contributed by atoms with Gasteiger partial charge in [0.1, 0.15) is 25.2 Å². The van der Waals surface area contributed by atoms with E-state index in [1.807, 2.05) is 83.1 Å². The van der Waals surface area contributed by atoms with E-state index in [9.17, 15) is 38.4 Å². The molecule has 0 saturated carbocycles. The lowest BCUT2D eigenvalue weighted by Gasteiger charge is -2.33. The van der Waals surface area contributed by atoms with Crippen molar-refractivity contribution in [2.45, 2.75) is 131 Å². The first-order valence-electron chi connectivity index (χ1n) is 15.0. The molecule has 4 aliphatic heterocycles. The van der Waals surface area contributed by atoms with E-state index in [1.165, 1.54) is 9.80 Å². The van der Waals surface area contributed by atoms with E-state index in [0.29, 0.717) is 0 Å². The van der Waals surface area contributed by atoms with E-state index < -0.39 is 0 Å². The minimum absolute atomic E-state index is 0.183. The Labute approximate surface area is 271 Å². The molecule has 46 heavy (non-hydrogen) atoms. The van der Waals surface area contributed by atoms with E-state index in [1.54, 1.807) is 23.6 Å². The smallest absolute Gasteiger partial charge is 0.310 e. The summed E-state index contributed by atoms with van der Waals surface area (Å²) in [6.07, 6.45) is 0. The highest BCUT2D eigenvalue weighted by atomic mass is 16.2. The zero-order valence-electron chi connectivity index (χ0n) is 29.6. The number of carbonyl (C=O) groups is 8. The summed E-state index contributed by atoms with van der Waals surface area (Å²) < 4.78 is 0. The summed E-state index contributed by atoms with van der Waals surface area (Å²) in [5, 5.41) is 8.99. The van der Waals surface area contributed by atoms with E-state index in [4.69, 9.17) is 0 Å². The average molecular weight is 653 g/mol. The van der Waals surface area contributed by atoms with Gasteiger partial charge >= 0.3 is 24.1 Å². The zero-order chi connectivity index (χ0) is 36.3. The molecule has 0 aromatic heterocycles. The van der Waals surface area contributed by atoms with Crippen LogP contribution in [0.4, 0.5) is 19.2 Å². The largest absolute Gasteiger partial charge is 0.325 e. The fraction of sp³-hybridized carbons (Fsp3) is 0.733. The number of nitrogens with zero attached hydrogens (tertiary/aromatic N) is 4. The maximum atomic E-state index is 11.2. The van der Waals surface area contributed by atoms with Crippen LogP contribution >= 0.6 is 0 Å². The van der Waals surface area contributed by atoms with Gasteiger partial charge in [-0.05, 0) is 96.9 Å². The van der Waals surface area contributed by atoms with Crippen LogP contribution in [0.3, 0.4) is 0 Å². The zero-order valence-corrected chi connectivity index (χ0v) is 29.6. The van der Waals surface area contributed by atoms with Gasteiger partial charge in [-0.25, -0.2) is 19.2 Å². The number of imide groups is 4. The molecule has 4 rings (SSSR count). The van der Waals surface area contributed by atoms with Crippen LogP contribution < -0.4 is 21.3 Å². The fourth-order valence-corrected chi connectivity index (χ4v) is 4.86. The fourth-order valence-electron chi connectivity index (χ4n) is 4.86. The summed E-state index contributed by atoms with van der Waals surface area (Å²) in [6.45, 7) is 26.6. The first kappa shape index (κ1) is 39.8. The molecule has 0 bridgehead atoms. The second-order valence-corrected chi connectivity index (χ2v) is 15.2. The first-order chi connectivity index (χ1) is 20.5. The van der Waals surface area contributed by atoms with Crippen LogP contribution in [0.5, 0.6) is 0 Å². The van der Waals surface area contributed by atoms with Crippen molar-refractivity contribution in [2.75, 3.05) is 13.1 Å². The molecule has 4 N–H and O–H groups in total. The summed E-state index contributed by atoms with van der Waals surface area (Å²) in [5.74, 6) is -0.861. The average Bonchev–Trinajstić information content (AvgIpc) is 3.52. The normalized spacial score (nSPS) is 22.0. The molecule has 0 aromatic rings. The lowest BCUT2D eigenvalue weighted by Crippen LogP contribution is -2.47. The van der Waals surface area contributed by atoms with Crippen LogP contribution in [0.15, 0.2) is 0 Å². The quantitative estimate of drug-likeness (QED) is 0.285. The Balaban J connectivity index is 0.000000307. The lowest BCUT2D eigenvalue weighted by molar-refractivity contribution is -0.122. The molecular formula is C30H52N8O8. The van der Waals surface area contributed by atoms with Crippen LogP contribution in [0, 0.1) is 0 Å². The van der Waals surface area contributed by atoms with Crippen molar-refractivity contribution in [1.82, 2.24) is 40.9 Å². The molecule has 0 aliphatic carbocycles. The van der Waals surface area contributed by atoms with Gasteiger partial charge < -0.3 is 19.6 Å². The van der Waals surface area contributed by atoms with Crippen molar-refractivity contribution >= 4 is 47.8 Å². The molecule has 4 heterocycles. The summed E-state index contributed by atoms with van der Waals surface area (Å²) in [7, 11) is 0. The molecule has 16 nitrogen and oxygen atoms in total.